The summed E-state index contributed by atoms with van der Waals surface area (Å²) in [7, 11) is 2.09. The molecule has 0 bridgehead atoms. The van der Waals surface area contributed by atoms with Crippen molar-refractivity contribution in [3.63, 3.8) is 0 Å². The minimum absolute atomic E-state index is 0.0859. The maximum atomic E-state index is 5.80. The van der Waals surface area contributed by atoms with Gasteiger partial charge in [0.15, 0.2) is 0 Å². The normalized spacial score (nSPS) is 17.8. The van der Waals surface area contributed by atoms with Gasteiger partial charge in [0.1, 0.15) is 11.6 Å². The van der Waals surface area contributed by atoms with E-state index in [4.69, 9.17) is 14.7 Å². The Hall–Kier alpha value is -2.96. The largest absolute Gasteiger partial charge is 0.378 e. The number of hydrogen-bond acceptors (Lipinski definition) is 4. The number of nitrogens with one attached hydrogen (secondary N) is 1. The van der Waals surface area contributed by atoms with E-state index in [1.807, 2.05) is 12.3 Å². The molecule has 1 saturated heterocycles. The van der Waals surface area contributed by atoms with E-state index in [1.165, 1.54) is 5.56 Å². The molecule has 1 atom stereocenters. The number of rotatable bonds is 4. The van der Waals surface area contributed by atoms with Crippen molar-refractivity contribution in [3.8, 4) is 11.3 Å². The molecule has 0 spiro atoms. The molecule has 6 heteroatoms. The molecular weight excluding hydrogens is 362 g/mol. The molecule has 2 aromatic heterocycles. The van der Waals surface area contributed by atoms with Crippen molar-refractivity contribution in [1.82, 2.24) is 24.4 Å². The van der Waals surface area contributed by atoms with E-state index < -0.39 is 0 Å². The highest BCUT2D eigenvalue weighted by Crippen LogP contribution is 2.27. The van der Waals surface area contributed by atoms with E-state index >= 15 is 0 Å². The lowest BCUT2D eigenvalue weighted by molar-refractivity contribution is -0.0170. The van der Waals surface area contributed by atoms with Crippen molar-refractivity contribution in [2.45, 2.75) is 19.5 Å². The lowest BCUT2D eigenvalue weighted by Gasteiger charge is -2.34. The van der Waals surface area contributed by atoms with Crippen molar-refractivity contribution >= 4 is 11.0 Å². The number of imidazole rings is 2. The Bertz CT molecular complexity index is 1130. The number of aryl methyl sites for hydroxylation is 2. The Balaban J connectivity index is 1.41. The number of aromatic nitrogens is 4. The number of fused-ring (bicyclic) bond motifs is 1. The smallest absolute Gasteiger partial charge is 0.126 e. The second-order valence-corrected chi connectivity index (χ2v) is 7.69. The summed E-state index contributed by atoms with van der Waals surface area (Å²) in [5, 5.41) is 0. The minimum atomic E-state index is 0.0859. The standard InChI is InChI=1S/C23H25N5O/c1-16-7-9-17(10-8-16)19-13-24-23(26-19)21-15-29-12-11-28(21)14-22-25-18-5-3-4-6-20(18)27(22)2/h3-10,13,21H,11-12,14-15H2,1-2H3,(H,24,26). The molecule has 1 aliphatic heterocycles. The number of morpholine rings is 1. The molecule has 29 heavy (non-hydrogen) atoms. The number of nitrogens with zero attached hydrogens (tertiary/aromatic N) is 4. The van der Waals surface area contributed by atoms with Crippen LogP contribution in [0.1, 0.15) is 23.3 Å². The van der Waals surface area contributed by atoms with Crippen LogP contribution in [-0.2, 0) is 18.3 Å². The number of benzene rings is 2. The van der Waals surface area contributed by atoms with Crippen LogP contribution >= 0.6 is 0 Å². The van der Waals surface area contributed by atoms with Crippen LogP contribution in [0.3, 0.4) is 0 Å². The van der Waals surface area contributed by atoms with Crippen molar-refractivity contribution in [2.24, 2.45) is 7.05 Å². The summed E-state index contributed by atoms with van der Waals surface area (Å²) < 4.78 is 7.98. The van der Waals surface area contributed by atoms with Gasteiger partial charge in [-0.3, -0.25) is 4.90 Å². The maximum Gasteiger partial charge on any atom is 0.126 e. The van der Waals surface area contributed by atoms with Crippen LogP contribution in [-0.4, -0.2) is 44.2 Å². The van der Waals surface area contributed by atoms with Gasteiger partial charge in [-0.05, 0) is 24.6 Å². The van der Waals surface area contributed by atoms with Gasteiger partial charge in [0, 0.05) is 13.6 Å². The fraction of sp³-hybridized carbons (Fsp3) is 0.304. The molecule has 1 fully saturated rings. The van der Waals surface area contributed by atoms with E-state index in [9.17, 15) is 0 Å². The maximum absolute atomic E-state index is 5.80. The van der Waals surface area contributed by atoms with Crippen LogP contribution in [0.4, 0.5) is 0 Å². The van der Waals surface area contributed by atoms with Gasteiger partial charge in [-0.1, -0.05) is 42.0 Å². The van der Waals surface area contributed by atoms with E-state index in [0.29, 0.717) is 6.61 Å². The highest BCUT2D eigenvalue weighted by atomic mass is 16.5. The monoisotopic (exact) mass is 387 g/mol. The molecule has 0 saturated carbocycles. The topological polar surface area (TPSA) is 59.0 Å². The molecule has 1 aliphatic rings. The van der Waals surface area contributed by atoms with Gasteiger partial charge in [0.2, 0.25) is 0 Å². The highest BCUT2D eigenvalue weighted by Gasteiger charge is 2.28. The zero-order valence-electron chi connectivity index (χ0n) is 16.8. The van der Waals surface area contributed by atoms with Gasteiger partial charge in [-0.15, -0.1) is 0 Å². The Morgan fingerprint density at radius 2 is 1.97 bits per heavy atom. The third kappa shape index (κ3) is 3.45. The lowest BCUT2D eigenvalue weighted by atomic mass is 10.1. The van der Waals surface area contributed by atoms with Crippen LogP contribution < -0.4 is 0 Å². The lowest BCUT2D eigenvalue weighted by Crippen LogP contribution is -2.40. The van der Waals surface area contributed by atoms with Gasteiger partial charge in [-0.25, -0.2) is 9.97 Å². The molecule has 0 amide bonds. The first-order valence-electron chi connectivity index (χ1n) is 10.0. The predicted molar refractivity (Wildman–Crippen MR) is 113 cm³/mol. The molecule has 3 heterocycles. The first kappa shape index (κ1) is 18.1. The first-order chi connectivity index (χ1) is 14.2. The van der Waals surface area contributed by atoms with E-state index in [1.54, 1.807) is 0 Å². The van der Waals surface area contributed by atoms with Crippen molar-refractivity contribution in [2.75, 3.05) is 19.8 Å². The van der Waals surface area contributed by atoms with Gasteiger partial charge in [0.05, 0.1) is 48.7 Å². The number of para-hydroxylation sites is 2. The molecule has 0 radical (unpaired) electrons. The second-order valence-electron chi connectivity index (χ2n) is 7.69. The Morgan fingerprint density at radius 1 is 1.14 bits per heavy atom. The third-order valence-electron chi connectivity index (χ3n) is 5.74. The number of hydrogen-bond donors (Lipinski definition) is 1. The fourth-order valence-corrected chi connectivity index (χ4v) is 3.98. The van der Waals surface area contributed by atoms with Crippen molar-refractivity contribution < 1.29 is 4.74 Å². The fourth-order valence-electron chi connectivity index (χ4n) is 3.98. The molecule has 148 valence electrons. The molecule has 0 aliphatic carbocycles. The first-order valence-corrected chi connectivity index (χ1v) is 10.0. The van der Waals surface area contributed by atoms with Gasteiger partial charge >= 0.3 is 0 Å². The van der Waals surface area contributed by atoms with Gasteiger partial charge < -0.3 is 14.3 Å². The molecule has 6 nitrogen and oxygen atoms in total. The minimum Gasteiger partial charge on any atom is -0.378 e. The summed E-state index contributed by atoms with van der Waals surface area (Å²) in [6.07, 6.45) is 1.92. The van der Waals surface area contributed by atoms with E-state index in [2.05, 4.69) is 70.9 Å². The summed E-state index contributed by atoms with van der Waals surface area (Å²) >= 11 is 0. The summed E-state index contributed by atoms with van der Waals surface area (Å²) in [5.41, 5.74) is 5.63. The van der Waals surface area contributed by atoms with E-state index in [-0.39, 0.29) is 6.04 Å². The predicted octanol–water partition coefficient (Wildman–Crippen LogP) is 3.85. The molecule has 4 aromatic rings. The Morgan fingerprint density at radius 3 is 2.79 bits per heavy atom. The number of ether oxygens (including phenoxy) is 1. The highest BCUT2D eigenvalue weighted by molar-refractivity contribution is 5.75. The van der Waals surface area contributed by atoms with Crippen molar-refractivity contribution in [1.29, 1.82) is 0 Å². The average molecular weight is 387 g/mol. The molecular formula is C23H25N5O. The quantitative estimate of drug-likeness (QED) is 0.578. The average Bonchev–Trinajstić information content (AvgIpc) is 3.35. The SMILES string of the molecule is Cc1ccc(-c2cnc(C3COCCN3Cc3nc4ccccc4n3C)[nH]2)cc1. The third-order valence-corrected chi connectivity index (χ3v) is 5.74. The van der Waals surface area contributed by atoms with Crippen molar-refractivity contribution in [3.05, 3.63) is 71.9 Å². The molecule has 5 rings (SSSR count). The van der Waals surface area contributed by atoms with Crippen LogP contribution in [0.2, 0.25) is 0 Å². The van der Waals surface area contributed by atoms with Crippen LogP contribution in [0.5, 0.6) is 0 Å². The summed E-state index contributed by atoms with van der Waals surface area (Å²) in [6.45, 7) is 5.07. The zero-order valence-corrected chi connectivity index (χ0v) is 16.8. The summed E-state index contributed by atoms with van der Waals surface area (Å²) in [6, 6.07) is 16.9. The number of aromatic amines is 1. The van der Waals surface area contributed by atoms with Crippen LogP contribution in [0.25, 0.3) is 22.3 Å². The van der Waals surface area contributed by atoms with Gasteiger partial charge in [0.25, 0.3) is 0 Å². The number of H-pyrrole nitrogens is 1. The second kappa shape index (κ2) is 7.46. The zero-order chi connectivity index (χ0) is 19.8. The Kier molecular flexibility index (Phi) is 4.66. The molecule has 1 N–H and O–H groups in total. The van der Waals surface area contributed by atoms with Gasteiger partial charge in [-0.2, -0.15) is 0 Å². The summed E-state index contributed by atoms with van der Waals surface area (Å²) in [4.78, 5) is 15.5. The molecule has 2 aromatic carbocycles. The molecule has 1 unspecified atom stereocenters. The van der Waals surface area contributed by atoms with Crippen LogP contribution in [0, 0.1) is 6.92 Å². The Labute approximate surface area is 170 Å². The summed E-state index contributed by atoms with van der Waals surface area (Å²) in [5.74, 6) is 2.00. The van der Waals surface area contributed by atoms with Crippen LogP contribution in [0.15, 0.2) is 54.7 Å². The van der Waals surface area contributed by atoms with E-state index in [0.717, 1.165) is 53.6 Å².